The number of nitrogens with zero attached hydrogens (tertiary/aromatic N) is 2. The quantitative estimate of drug-likeness (QED) is 0.854. The lowest BCUT2D eigenvalue weighted by atomic mass is 9.82. The van der Waals surface area contributed by atoms with Crippen LogP contribution in [0.1, 0.15) is 24.2 Å². The average Bonchev–Trinajstić information content (AvgIpc) is 2.77. The van der Waals surface area contributed by atoms with Gasteiger partial charge in [0.25, 0.3) is 0 Å². The van der Waals surface area contributed by atoms with Crippen molar-refractivity contribution in [1.29, 1.82) is 0 Å². The van der Waals surface area contributed by atoms with Crippen LogP contribution in [-0.2, 0) is 18.5 Å². The first-order valence-corrected chi connectivity index (χ1v) is 7.10. The number of aromatic nitrogens is 1. The fraction of sp³-hybridized carbons (Fsp3) is 0.714. The Morgan fingerprint density at radius 1 is 1.20 bits per heavy atom. The van der Waals surface area contributed by atoms with Gasteiger partial charge in [0.05, 0.1) is 12.0 Å². The zero-order valence-corrected chi connectivity index (χ0v) is 11.6. The maximum absolute atomic E-state index is 12.7. The third-order valence-corrected chi connectivity index (χ3v) is 4.75. The van der Waals surface area contributed by atoms with Crippen molar-refractivity contribution in [3.8, 4) is 0 Å². The minimum Gasteiger partial charge on any atom is -0.345 e. The minimum atomic E-state index is -4.14. The molecule has 0 amide bonds. The molecular formula is C14H20F3N3. The second-order valence-electron chi connectivity index (χ2n) is 5.86. The molecule has 2 aliphatic heterocycles. The predicted molar refractivity (Wildman–Crippen MR) is 70.6 cm³/mol. The summed E-state index contributed by atoms with van der Waals surface area (Å²) in [6.07, 6.45) is -3.05. The normalized spacial score (nSPS) is 23.0. The molecule has 3 nitrogen and oxygen atoms in total. The van der Waals surface area contributed by atoms with Gasteiger partial charge in [0, 0.05) is 24.5 Å². The number of hydrogen-bond acceptors (Lipinski definition) is 2. The van der Waals surface area contributed by atoms with E-state index >= 15 is 0 Å². The summed E-state index contributed by atoms with van der Waals surface area (Å²) in [5.41, 5.74) is 1.37. The maximum atomic E-state index is 12.7. The zero-order chi connectivity index (χ0) is 14.4. The van der Waals surface area contributed by atoms with Gasteiger partial charge >= 0.3 is 6.18 Å². The molecule has 0 aliphatic carbocycles. The van der Waals surface area contributed by atoms with Crippen LogP contribution in [-0.4, -0.2) is 42.3 Å². The summed E-state index contributed by atoms with van der Waals surface area (Å²) in [7, 11) is 2.09. The molecule has 20 heavy (non-hydrogen) atoms. The van der Waals surface area contributed by atoms with E-state index in [1.165, 1.54) is 0 Å². The van der Waals surface area contributed by atoms with Gasteiger partial charge in [-0.1, -0.05) is 0 Å². The lowest BCUT2D eigenvalue weighted by Crippen LogP contribution is -2.55. The summed E-state index contributed by atoms with van der Waals surface area (Å²) in [5, 5.41) is 3.34. The molecule has 0 aromatic carbocycles. The van der Waals surface area contributed by atoms with Crippen LogP contribution in [0.25, 0.3) is 0 Å². The van der Waals surface area contributed by atoms with Crippen LogP contribution in [0.4, 0.5) is 13.2 Å². The first-order valence-electron chi connectivity index (χ1n) is 7.10. The van der Waals surface area contributed by atoms with Gasteiger partial charge in [-0.25, -0.2) is 0 Å². The van der Waals surface area contributed by atoms with Gasteiger partial charge in [0.15, 0.2) is 0 Å². The maximum Gasteiger partial charge on any atom is 0.394 e. The number of halogens is 3. The van der Waals surface area contributed by atoms with Gasteiger partial charge in [-0.2, -0.15) is 13.2 Å². The molecular weight excluding hydrogens is 267 g/mol. The standard InChI is InChI=1S/C14H20F3N3/c1-19-8-9-20-11(10-14(15,16)17)2-3-12(20)13(19)4-6-18-7-5-13/h2-3,18H,4-10H2,1H3. The van der Waals surface area contributed by atoms with Crippen LogP contribution in [0.3, 0.4) is 0 Å². The first kappa shape index (κ1) is 13.9. The van der Waals surface area contributed by atoms with Crippen LogP contribution in [0, 0.1) is 0 Å². The molecule has 1 N–H and O–H groups in total. The molecule has 2 aliphatic rings. The summed E-state index contributed by atoms with van der Waals surface area (Å²) in [6.45, 7) is 3.31. The average molecular weight is 287 g/mol. The Hall–Kier alpha value is -1.01. The topological polar surface area (TPSA) is 20.2 Å². The Morgan fingerprint density at radius 2 is 1.90 bits per heavy atom. The van der Waals surface area contributed by atoms with Crippen LogP contribution < -0.4 is 5.32 Å². The third kappa shape index (κ3) is 2.24. The van der Waals surface area contributed by atoms with Crippen molar-refractivity contribution in [1.82, 2.24) is 14.8 Å². The van der Waals surface area contributed by atoms with E-state index in [0.29, 0.717) is 12.2 Å². The largest absolute Gasteiger partial charge is 0.394 e. The molecule has 1 spiro atoms. The van der Waals surface area contributed by atoms with Crippen molar-refractivity contribution in [2.75, 3.05) is 26.7 Å². The molecule has 1 fully saturated rings. The van der Waals surface area contributed by atoms with Gasteiger partial charge in [-0.3, -0.25) is 4.90 Å². The number of fused-ring (bicyclic) bond motifs is 2. The van der Waals surface area contributed by atoms with Crippen molar-refractivity contribution < 1.29 is 13.2 Å². The Morgan fingerprint density at radius 3 is 2.55 bits per heavy atom. The Bertz CT molecular complexity index is 486. The molecule has 3 rings (SSSR count). The van der Waals surface area contributed by atoms with Gasteiger partial charge in [-0.15, -0.1) is 0 Å². The van der Waals surface area contributed by atoms with Crippen LogP contribution in [0.5, 0.6) is 0 Å². The van der Waals surface area contributed by atoms with E-state index in [1.807, 2.05) is 10.6 Å². The first-order chi connectivity index (χ1) is 9.42. The summed E-state index contributed by atoms with van der Waals surface area (Å²) in [5.74, 6) is 0. The molecule has 6 heteroatoms. The number of piperidine rings is 1. The second-order valence-corrected chi connectivity index (χ2v) is 5.86. The highest BCUT2D eigenvalue weighted by Crippen LogP contribution is 2.40. The molecule has 0 saturated carbocycles. The van der Waals surface area contributed by atoms with Crippen molar-refractivity contribution in [2.45, 2.75) is 37.5 Å². The van der Waals surface area contributed by atoms with Crippen molar-refractivity contribution in [3.05, 3.63) is 23.5 Å². The molecule has 112 valence electrons. The van der Waals surface area contributed by atoms with Crippen molar-refractivity contribution >= 4 is 0 Å². The van der Waals surface area contributed by atoms with Gasteiger partial charge < -0.3 is 9.88 Å². The van der Waals surface area contributed by atoms with E-state index in [1.54, 1.807) is 6.07 Å². The number of likely N-dealkylation sites (N-methyl/N-ethyl adjacent to an activating group) is 1. The van der Waals surface area contributed by atoms with Gasteiger partial charge in [0.1, 0.15) is 0 Å². The van der Waals surface area contributed by atoms with Gasteiger partial charge in [-0.05, 0) is 45.1 Å². The number of hydrogen-bond donors (Lipinski definition) is 1. The van der Waals surface area contributed by atoms with Crippen LogP contribution in [0.2, 0.25) is 0 Å². The molecule has 0 radical (unpaired) electrons. The summed E-state index contributed by atoms with van der Waals surface area (Å²) >= 11 is 0. The highest BCUT2D eigenvalue weighted by Gasteiger charge is 2.43. The fourth-order valence-electron chi connectivity index (χ4n) is 3.68. The van der Waals surface area contributed by atoms with E-state index in [-0.39, 0.29) is 5.54 Å². The van der Waals surface area contributed by atoms with E-state index < -0.39 is 12.6 Å². The smallest absolute Gasteiger partial charge is 0.345 e. The summed E-state index contributed by atoms with van der Waals surface area (Å²) in [4.78, 5) is 2.32. The Kier molecular flexibility index (Phi) is 3.33. The van der Waals surface area contributed by atoms with Gasteiger partial charge in [0.2, 0.25) is 0 Å². The monoisotopic (exact) mass is 287 g/mol. The minimum absolute atomic E-state index is 0.0899. The Labute approximate surface area is 116 Å². The number of nitrogens with one attached hydrogen (secondary N) is 1. The number of rotatable bonds is 1. The molecule has 1 aromatic heterocycles. The Balaban J connectivity index is 1.98. The van der Waals surface area contributed by atoms with Crippen molar-refractivity contribution in [2.24, 2.45) is 0 Å². The van der Waals surface area contributed by atoms with E-state index in [4.69, 9.17) is 0 Å². The van der Waals surface area contributed by atoms with Crippen molar-refractivity contribution in [3.63, 3.8) is 0 Å². The SMILES string of the molecule is CN1CCn2c(CC(F)(F)F)ccc2C12CCNCC2. The summed E-state index contributed by atoms with van der Waals surface area (Å²) in [6, 6.07) is 3.56. The number of alkyl halides is 3. The van der Waals surface area contributed by atoms with E-state index in [0.717, 1.165) is 38.2 Å². The molecule has 0 bridgehead atoms. The summed E-state index contributed by atoms with van der Waals surface area (Å²) < 4.78 is 39.9. The fourth-order valence-corrected chi connectivity index (χ4v) is 3.68. The third-order valence-electron chi connectivity index (χ3n) is 4.75. The molecule has 0 atom stereocenters. The second kappa shape index (κ2) is 4.77. The lowest BCUT2D eigenvalue weighted by molar-refractivity contribution is -0.128. The molecule has 3 heterocycles. The van der Waals surface area contributed by atoms with Crippen LogP contribution in [0.15, 0.2) is 12.1 Å². The lowest BCUT2D eigenvalue weighted by Gasteiger charge is -2.49. The predicted octanol–water partition coefficient (Wildman–Crippen LogP) is 2.12. The van der Waals surface area contributed by atoms with Crippen LogP contribution >= 0.6 is 0 Å². The zero-order valence-electron chi connectivity index (χ0n) is 11.6. The highest BCUT2D eigenvalue weighted by atomic mass is 19.4. The van der Waals surface area contributed by atoms with E-state index in [9.17, 15) is 13.2 Å². The molecule has 1 aromatic rings. The van der Waals surface area contributed by atoms with E-state index in [2.05, 4.69) is 17.3 Å². The highest BCUT2D eigenvalue weighted by molar-refractivity contribution is 5.27. The molecule has 1 saturated heterocycles. The molecule has 0 unspecified atom stereocenters.